The molecule has 176 valence electrons. The van der Waals surface area contributed by atoms with Crippen LogP contribution in [0, 0.1) is 0 Å². The molecule has 12 heteroatoms. The Bertz CT molecular complexity index is 1190. The molecule has 4 atom stereocenters. The van der Waals surface area contributed by atoms with Crippen LogP contribution >= 0.6 is 11.9 Å². The normalized spacial score (nSPS) is 28.0. The Kier molecular flexibility index (Phi) is 6.34. The zero-order chi connectivity index (χ0) is 23.9. The van der Waals surface area contributed by atoms with Crippen molar-refractivity contribution in [1.29, 1.82) is 0 Å². The number of hydrogen-bond acceptors (Lipinski definition) is 7. The molecule has 4 rings (SSSR count). The fraction of sp³-hybridized carbons (Fsp3) is 0.381. The van der Waals surface area contributed by atoms with Gasteiger partial charge in [0.15, 0.2) is 17.3 Å². The van der Waals surface area contributed by atoms with Gasteiger partial charge in [0.05, 0.1) is 40.6 Å². The summed E-state index contributed by atoms with van der Waals surface area (Å²) in [6.07, 6.45) is 0.735. The van der Waals surface area contributed by atoms with Gasteiger partial charge < -0.3 is 19.9 Å². The van der Waals surface area contributed by atoms with Gasteiger partial charge >= 0.3 is 0 Å². The van der Waals surface area contributed by atoms with Crippen molar-refractivity contribution in [3.05, 3.63) is 58.7 Å². The molecule has 7 nitrogen and oxygen atoms in total. The van der Waals surface area contributed by atoms with Crippen molar-refractivity contribution >= 4 is 28.9 Å². The van der Waals surface area contributed by atoms with E-state index in [1.54, 1.807) is 0 Å². The van der Waals surface area contributed by atoms with Gasteiger partial charge in [-0.05, 0) is 24.9 Å². The Labute approximate surface area is 189 Å². The number of allylic oxidation sites excluding steroid dienone is 3. The van der Waals surface area contributed by atoms with Gasteiger partial charge in [0.2, 0.25) is 0 Å². The monoisotopic (exact) mass is 484 g/mol. The summed E-state index contributed by atoms with van der Waals surface area (Å²) in [6, 6.07) is 0. The number of ketones is 1. The molecule has 2 heterocycles. The van der Waals surface area contributed by atoms with Gasteiger partial charge in [-0.25, -0.2) is 27.5 Å². The smallest absolute Gasteiger partial charge is 0.199 e. The SMILES string of the molecule is CC1(F)CC=C(NSC2C=C(F)[C@H](O)CC2F)C(F)=C1C(=O)c1c[nH]c2ncc(CO)nc12. The number of aromatic nitrogens is 3. The predicted molar refractivity (Wildman–Crippen MR) is 114 cm³/mol. The van der Waals surface area contributed by atoms with Crippen LogP contribution in [0.25, 0.3) is 11.2 Å². The van der Waals surface area contributed by atoms with Gasteiger partial charge in [0, 0.05) is 19.0 Å². The summed E-state index contributed by atoms with van der Waals surface area (Å²) in [7, 11) is 0. The molecule has 33 heavy (non-hydrogen) atoms. The zero-order valence-electron chi connectivity index (χ0n) is 17.3. The summed E-state index contributed by atoms with van der Waals surface area (Å²) in [5, 5.41) is 17.6. The number of carbonyl (C=O) groups excluding carboxylic acids is 1. The number of fused-ring (bicyclic) bond motifs is 1. The molecular weight excluding hydrogens is 464 g/mol. The van der Waals surface area contributed by atoms with Crippen LogP contribution in [0.2, 0.25) is 0 Å². The molecule has 0 radical (unpaired) electrons. The number of aliphatic hydroxyl groups is 2. The maximum Gasteiger partial charge on any atom is 0.199 e. The average molecular weight is 484 g/mol. The van der Waals surface area contributed by atoms with Crippen LogP contribution in [0.5, 0.6) is 0 Å². The number of aliphatic hydroxyl groups excluding tert-OH is 2. The van der Waals surface area contributed by atoms with E-state index < -0.39 is 59.2 Å². The highest BCUT2D eigenvalue weighted by Crippen LogP contribution is 2.40. The maximum atomic E-state index is 15.4. The number of H-pyrrole nitrogens is 1. The molecule has 3 unspecified atom stereocenters. The highest BCUT2D eigenvalue weighted by molar-refractivity contribution is 7.98. The third-order valence-corrected chi connectivity index (χ3v) is 6.52. The van der Waals surface area contributed by atoms with E-state index in [1.165, 1.54) is 18.5 Å². The fourth-order valence-corrected chi connectivity index (χ4v) is 4.55. The van der Waals surface area contributed by atoms with Crippen molar-refractivity contribution < 1.29 is 32.6 Å². The summed E-state index contributed by atoms with van der Waals surface area (Å²) in [4.78, 5) is 24.0. The molecule has 0 bridgehead atoms. The van der Waals surface area contributed by atoms with Crippen molar-refractivity contribution in [2.45, 2.75) is 49.6 Å². The number of nitrogens with zero attached hydrogens (tertiary/aromatic N) is 2. The number of alkyl halides is 2. The van der Waals surface area contributed by atoms with Crippen LogP contribution in [0.3, 0.4) is 0 Å². The van der Waals surface area contributed by atoms with Gasteiger partial charge in [-0.1, -0.05) is 6.08 Å². The van der Waals surface area contributed by atoms with Crippen molar-refractivity contribution in [1.82, 2.24) is 19.7 Å². The lowest BCUT2D eigenvalue weighted by atomic mass is 9.84. The van der Waals surface area contributed by atoms with Crippen LogP contribution in [-0.4, -0.2) is 54.1 Å². The van der Waals surface area contributed by atoms with E-state index in [0.717, 1.165) is 13.0 Å². The van der Waals surface area contributed by atoms with Gasteiger partial charge in [0.25, 0.3) is 0 Å². The minimum atomic E-state index is -2.34. The number of hydrogen-bond donors (Lipinski definition) is 4. The molecule has 4 N–H and O–H groups in total. The quantitative estimate of drug-likeness (QED) is 0.282. The summed E-state index contributed by atoms with van der Waals surface area (Å²) >= 11 is 0.655. The number of carbonyl (C=O) groups is 1. The van der Waals surface area contributed by atoms with Crippen molar-refractivity contribution in [2.24, 2.45) is 0 Å². The fourth-order valence-electron chi connectivity index (χ4n) is 3.66. The summed E-state index contributed by atoms with van der Waals surface area (Å²) in [5.74, 6) is -3.01. The molecule has 0 fully saturated rings. The van der Waals surface area contributed by atoms with Gasteiger partial charge in [-0.2, -0.15) is 0 Å². The Hall–Kier alpha value is -2.70. The molecule has 2 aliphatic carbocycles. The van der Waals surface area contributed by atoms with Crippen LogP contribution in [-0.2, 0) is 6.61 Å². The number of rotatable bonds is 6. The molecule has 0 spiro atoms. The topological polar surface area (TPSA) is 111 Å². The second kappa shape index (κ2) is 8.92. The molecular formula is C21H20F4N4O3S. The molecule has 2 aromatic heterocycles. The van der Waals surface area contributed by atoms with E-state index >= 15 is 8.78 Å². The molecule has 0 saturated carbocycles. The first-order valence-electron chi connectivity index (χ1n) is 10.0. The minimum Gasteiger partial charge on any atom is -0.390 e. The van der Waals surface area contributed by atoms with E-state index in [4.69, 9.17) is 0 Å². The Morgan fingerprint density at radius 2 is 2.18 bits per heavy atom. The molecule has 2 aromatic rings. The third kappa shape index (κ3) is 4.42. The van der Waals surface area contributed by atoms with E-state index in [9.17, 15) is 23.8 Å². The van der Waals surface area contributed by atoms with E-state index in [-0.39, 0.29) is 34.5 Å². The largest absolute Gasteiger partial charge is 0.390 e. The highest BCUT2D eigenvalue weighted by atomic mass is 32.2. The molecule has 0 aromatic carbocycles. The number of Topliss-reactive ketones (excluding diaryl/α,β-unsaturated/α-hetero) is 1. The predicted octanol–water partition coefficient (Wildman–Crippen LogP) is 3.43. The van der Waals surface area contributed by atoms with Gasteiger partial charge in [0.1, 0.15) is 29.3 Å². The Morgan fingerprint density at radius 1 is 1.42 bits per heavy atom. The van der Waals surface area contributed by atoms with E-state index in [1.807, 2.05) is 0 Å². The molecule has 0 aliphatic heterocycles. The van der Waals surface area contributed by atoms with Crippen LogP contribution in [0.15, 0.2) is 47.5 Å². The lowest BCUT2D eigenvalue weighted by molar-refractivity contribution is 0.0977. The summed E-state index contributed by atoms with van der Waals surface area (Å²) in [5.41, 5.74) is -3.01. The number of halogens is 4. The first-order chi connectivity index (χ1) is 15.6. The third-order valence-electron chi connectivity index (χ3n) is 5.48. The highest BCUT2D eigenvalue weighted by Gasteiger charge is 2.41. The van der Waals surface area contributed by atoms with Crippen LogP contribution < -0.4 is 4.72 Å². The second-order valence-corrected chi connectivity index (χ2v) is 8.94. The first-order valence-corrected chi connectivity index (χ1v) is 10.9. The zero-order valence-corrected chi connectivity index (χ0v) is 18.1. The van der Waals surface area contributed by atoms with Crippen molar-refractivity contribution in [2.75, 3.05) is 0 Å². The first kappa shape index (κ1) is 23.5. The van der Waals surface area contributed by atoms with Crippen molar-refractivity contribution in [3.63, 3.8) is 0 Å². The standard InChI is InChI=1S/C21H20F4N4O3S/c1-21(25)3-2-13(29-33-15-5-11(22)14(31)4-12(15)23)17(24)16(21)19(32)10-7-27-20-18(10)28-9(8-30)6-26-20/h2,5-7,12,14-15,29-31H,3-4,8H2,1H3,(H,26,27)/t12?,14-,15?,21?/m1/s1. The average Bonchev–Trinajstić information content (AvgIpc) is 3.19. The second-order valence-electron chi connectivity index (χ2n) is 7.96. The Balaban J connectivity index is 1.63. The van der Waals surface area contributed by atoms with E-state index in [2.05, 4.69) is 19.7 Å². The van der Waals surface area contributed by atoms with Crippen molar-refractivity contribution in [3.8, 4) is 0 Å². The van der Waals surface area contributed by atoms with Gasteiger partial charge in [-0.15, -0.1) is 0 Å². The minimum absolute atomic E-state index is 0.0581. The number of nitrogens with one attached hydrogen (secondary N) is 2. The molecule has 0 saturated heterocycles. The molecule has 2 aliphatic rings. The lowest BCUT2D eigenvalue weighted by Crippen LogP contribution is -2.33. The van der Waals surface area contributed by atoms with Gasteiger partial charge in [-0.3, -0.25) is 4.79 Å². The van der Waals surface area contributed by atoms with Crippen LogP contribution in [0.1, 0.15) is 35.8 Å². The number of aromatic amines is 1. The summed E-state index contributed by atoms with van der Waals surface area (Å²) < 4.78 is 60.9. The maximum absolute atomic E-state index is 15.4. The molecule has 0 amide bonds. The summed E-state index contributed by atoms with van der Waals surface area (Å²) in [6.45, 7) is 0.634. The van der Waals surface area contributed by atoms with E-state index in [0.29, 0.717) is 11.9 Å². The Morgan fingerprint density at radius 3 is 2.91 bits per heavy atom. The lowest BCUT2D eigenvalue weighted by Gasteiger charge is -2.29. The van der Waals surface area contributed by atoms with Crippen LogP contribution in [0.4, 0.5) is 17.6 Å².